The molecule has 0 radical (unpaired) electrons. The van der Waals surface area contributed by atoms with Gasteiger partial charge < -0.3 is 39.5 Å². The lowest BCUT2D eigenvalue weighted by Crippen LogP contribution is -2.45. The lowest BCUT2D eigenvalue weighted by molar-refractivity contribution is -0.151. The van der Waals surface area contributed by atoms with Gasteiger partial charge in [0.15, 0.2) is 6.10 Å². The summed E-state index contributed by atoms with van der Waals surface area (Å²) >= 11 is 0. The molecule has 11 nitrogen and oxygen atoms in total. The first-order chi connectivity index (χ1) is 24.6. The maximum absolute atomic E-state index is 13.5. The van der Waals surface area contributed by atoms with Crippen molar-refractivity contribution < 1.29 is 44.2 Å². The predicted molar refractivity (Wildman–Crippen MR) is 199 cm³/mol. The first-order valence-electron chi connectivity index (χ1n) is 19.0. The van der Waals surface area contributed by atoms with Gasteiger partial charge in [0.05, 0.1) is 36.4 Å². The molecular weight excluding hydrogens is 664 g/mol. The zero-order valence-electron chi connectivity index (χ0n) is 31.9. The van der Waals surface area contributed by atoms with Crippen molar-refractivity contribution in [2.75, 3.05) is 26.2 Å². The van der Waals surface area contributed by atoms with Gasteiger partial charge in [-0.3, -0.25) is 9.69 Å². The number of allylic oxidation sites excluding steroid dienone is 2. The number of rotatable bonds is 11. The number of ether oxygens (including phenoxy) is 3. The molecule has 0 spiro atoms. The van der Waals surface area contributed by atoms with Crippen molar-refractivity contribution >= 4 is 12.1 Å². The van der Waals surface area contributed by atoms with Gasteiger partial charge in [-0.05, 0) is 63.7 Å². The van der Waals surface area contributed by atoms with Gasteiger partial charge in [0.2, 0.25) is 0 Å². The summed E-state index contributed by atoms with van der Waals surface area (Å²) in [4.78, 5) is 30.5. The lowest BCUT2D eigenvalue weighted by atomic mass is 9.88. The van der Waals surface area contributed by atoms with E-state index in [1.165, 1.54) is 5.56 Å². The summed E-state index contributed by atoms with van der Waals surface area (Å²) in [7, 11) is 0. The summed E-state index contributed by atoms with van der Waals surface area (Å²) in [5, 5.41) is 43.5. The minimum atomic E-state index is -1.51. The summed E-state index contributed by atoms with van der Waals surface area (Å²) in [5.74, 6) is -0.968. The lowest BCUT2D eigenvalue weighted by Gasteiger charge is -2.34. The molecule has 0 aromatic heterocycles. The van der Waals surface area contributed by atoms with E-state index < -0.39 is 47.7 Å². The third-order valence-corrected chi connectivity index (χ3v) is 10.7. The van der Waals surface area contributed by atoms with Crippen molar-refractivity contribution in [2.45, 2.75) is 134 Å². The minimum absolute atomic E-state index is 0.0157. The average molecular weight is 727 g/mol. The number of aliphatic hydroxyl groups excluding tert-OH is 2. The standard InChI is InChI=1S/C41H62N2O9/c1-7-33(45)30(4)38-34(50-38)26-40(5,48)19-11-13-28(2)37-29(3)16-17-35(41(6,49)20-18-32(44)25-36(46)52-37)51-39(47)43-22-12-21-42(23-24-43)27-31-14-9-8-10-15-31/h8-11,13-17,19,29-30,32-35,37-38,44-45,48-49H,7,12,18,20-27H2,1-6H3/b17-16+,19-11+,28-13+. The smallest absolute Gasteiger partial charge is 0.410 e. The zero-order chi connectivity index (χ0) is 38.1. The van der Waals surface area contributed by atoms with E-state index in [-0.39, 0.29) is 43.3 Å². The van der Waals surface area contributed by atoms with Crippen molar-refractivity contribution in [1.82, 2.24) is 9.80 Å². The number of carbonyl (C=O) groups excluding carboxylic acids is 2. The first-order valence-corrected chi connectivity index (χ1v) is 19.0. The fourth-order valence-electron chi connectivity index (χ4n) is 7.14. The molecule has 52 heavy (non-hydrogen) atoms. The van der Waals surface area contributed by atoms with Gasteiger partial charge in [0.25, 0.3) is 0 Å². The van der Waals surface area contributed by atoms with E-state index in [1.807, 2.05) is 45.9 Å². The average Bonchev–Trinajstić information content (AvgIpc) is 3.89. The maximum Gasteiger partial charge on any atom is 0.410 e. The van der Waals surface area contributed by atoms with Gasteiger partial charge in [-0.15, -0.1) is 0 Å². The number of cyclic esters (lactones) is 1. The topological polar surface area (TPSA) is 153 Å². The molecule has 1 aromatic rings. The second kappa shape index (κ2) is 18.8. The number of benzene rings is 1. The Kier molecular flexibility index (Phi) is 15.1. The zero-order valence-corrected chi connectivity index (χ0v) is 31.9. The van der Waals surface area contributed by atoms with Crippen LogP contribution in [0.3, 0.4) is 0 Å². The summed E-state index contributed by atoms with van der Waals surface area (Å²) in [6.45, 7) is 14.3. The van der Waals surface area contributed by atoms with E-state index in [9.17, 15) is 30.0 Å². The number of esters is 1. The van der Waals surface area contributed by atoms with Crippen LogP contribution in [-0.2, 0) is 25.5 Å². The molecule has 10 atom stereocenters. The second-order valence-electron chi connectivity index (χ2n) is 15.6. The molecule has 2 saturated heterocycles. The quantitative estimate of drug-likeness (QED) is 0.107. The molecule has 0 aliphatic carbocycles. The highest BCUT2D eigenvalue weighted by Gasteiger charge is 2.47. The predicted octanol–water partition coefficient (Wildman–Crippen LogP) is 4.92. The van der Waals surface area contributed by atoms with Gasteiger partial charge in [-0.1, -0.05) is 75.4 Å². The van der Waals surface area contributed by atoms with Gasteiger partial charge in [-0.2, -0.15) is 0 Å². The first kappa shape index (κ1) is 41.7. The number of nitrogens with zero attached hydrogens (tertiary/aromatic N) is 2. The molecule has 0 saturated carbocycles. The largest absolute Gasteiger partial charge is 0.457 e. The van der Waals surface area contributed by atoms with Crippen LogP contribution in [-0.4, -0.2) is 116 Å². The van der Waals surface area contributed by atoms with E-state index in [4.69, 9.17) is 14.2 Å². The summed E-state index contributed by atoms with van der Waals surface area (Å²) in [5.41, 5.74) is -0.749. The molecule has 4 rings (SSSR count). The van der Waals surface area contributed by atoms with Crippen LogP contribution in [0.15, 0.2) is 66.3 Å². The van der Waals surface area contributed by atoms with Gasteiger partial charge in [-0.25, -0.2) is 4.79 Å². The fraction of sp³-hybridized carbons (Fsp3) is 0.659. The Hall–Kier alpha value is -3.06. The highest BCUT2D eigenvalue weighted by Crippen LogP contribution is 2.37. The molecule has 4 N–H and O–H groups in total. The van der Waals surface area contributed by atoms with Crippen molar-refractivity contribution in [3.63, 3.8) is 0 Å². The molecule has 10 unspecified atom stereocenters. The molecular formula is C41H62N2O9. The Bertz CT molecular complexity index is 1390. The van der Waals surface area contributed by atoms with Crippen LogP contribution in [0.1, 0.15) is 85.6 Å². The van der Waals surface area contributed by atoms with Crippen LogP contribution in [0.4, 0.5) is 4.79 Å². The van der Waals surface area contributed by atoms with Crippen LogP contribution in [0, 0.1) is 11.8 Å². The van der Waals surface area contributed by atoms with E-state index in [1.54, 1.807) is 49.1 Å². The Morgan fingerprint density at radius 2 is 1.90 bits per heavy atom. The number of epoxide rings is 1. The maximum atomic E-state index is 13.5. The molecule has 11 heteroatoms. The molecule has 1 aromatic carbocycles. The Morgan fingerprint density at radius 3 is 2.62 bits per heavy atom. The molecule has 3 aliphatic heterocycles. The normalized spacial score (nSPS) is 32.8. The molecule has 3 heterocycles. The third-order valence-electron chi connectivity index (χ3n) is 10.7. The summed E-state index contributed by atoms with van der Waals surface area (Å²) < 4.78 is 17.7. The number of aliphatic hydroxyl groups is 4. The fourth-order valence-corrected chi connectivity index (χ4v) is 7.14. The van der Waals surface area contributed by atoms with Gasteiger partial charge in [0.1, 0.15) is 11.7 Å². The second-order valence-corrected chi connectivity index (χ2v) is 15.6. The van der Waals surface area contributed by atoms with E-state index in [0.717, 1.165) is 19.5 Å². The van der Waals surface area contributed by atoms with E-state index >= 15 is 0 Å². The SMILES string of the molecule is CCC(O)C(C)C1OC1CC(C)(O)/C=C/C=C(\C)C1OC(=O)CC(O)CCC(C)(O)C(OC(=O)N2CCCN(Cc3ccccc3)CC2)/C=C/C1C. The van der Waals surface area contributed by atoms with Crippen LogP contribution in [0.2, 0.25) is 0 Å². The van der Waals surface area contributed by atoms with Crippen LogP contribution in [0.5, 0.6) is 0 Å². The minimum Gasteiger partial charge on any atom is -0.457 e. The molecule has 1 amide bonds. The van der Waals surface area contributed by atoms with Crippen molar-refractivity contribution in [3.05, 3.63) is 71.8 Å². The van der Waals surface area contributed by atoms with Crippen LogP contribution >= 0.6 is 0 Å². The van der Waals surface area contributed by atoms with Crippen molar-refractivity contribution in [3.8, 4) is 0 Å². The van der Waals surface area contributed by atoms with E-state index in [2.05, 4.69) is 17.0 Å². The highest BCUT2D eigenvalue weighted by atomic mass is 16.6. The van der Waals surface area contributed by atoms with Gasteiger partial charge in [0, 0.05) is 51.0 Å². The molecule has 2 fully saturated rings. The Labute approximate surface area is 309 Å². The monoisotopic (exact) mass is 726 g/mol. The molecule has 0 bridgehead atoms. The Morgan fingerprint density at radius 1 is 1.17 bits per heavy atom. The van der Waals surface area contributed by atoms with E-state index in [0.29, 0.717) is 38.0 Å². The number of hydrogen-bond acceptors (Lipinski definition) is 10. The highest BCUT2D eigenvalue weighted by molar-refractivity contribution is 5.70. The number of carbonyl (C=O) groups is 2. The number of hydrogen-bond donors (Lipinski definition) is 4. The van der Waals surface area contributed by atoms with Gasteiger partial charge >= 0.3 is 12.1 Å². The summed E-state index contributed by atoms with van der Waals surface area (Å²) in [6.07, 6.45) is 6.44. The summed E-state index contributed by atoms with van der Waals surface area (Å²) in [6, 6.07) is 10.2. The van der Waals surface area contributed by atoms with Crippen LogP contribution < -0.4 is 0 Å². The van der Waals surface area contributed by atoms with Crippen LogP contribution in [0.25, 0.3) is 0 Å². The van der Waals surface area contributed by atoms with Crippen molar-refractivity contribution in [1.29, 1.82) is 0 Å². The Balaban J connectivity index is 1.43. The van der Waals surface area contributed by atoms with Crippen molar-refractivity contribution in [2.24, 2.45) is 11.8 Å². The molecule has 290 valence electrons. The molecule has 3 aliphatic rings. The number of amides is 1. The third kappa shape index (κ3) is 12.5.